The number of rotatable bonds is 8. The van der Waals surface area contributed by atoms with Crippen LogP contribution in [0.2, 0.25) is 0 Å². The van der Waals surface area contributed by atoms with Crippen LogP contribution in [-0.2, 0) is 11.3 Å². The van der Waals surface area contributed by atoms with Gasteiger partial charge in [0, 0.05) is 37.2 Å². The Morgan fingerprint density at radius 1 is 1.03 bits per heavy atom. The smallest absolute Gasteiger partial charge is 0.227 e. The van der Waals surface area contributed by atoms with Crippen molar-refractivity contribution in [3.63, 3.8) is 0 Å². The third kappa shape index (κ3) is 4.36. The van der Waals surface area contributed by atoms with E-state index in [1.807, 2.05) is 65.6 Å². The molecule has 2 heterocycles. The van der Waals surface area contributed by atoms with Crippen molar-refractivity contribution in [1.82, 2.24) is 9.55 Å². The van der Waals surface area contributed by atoms with E-state index in [1.165, 1.54) is 0 Å². The van der Waals surface area contributed by atoms with Gasteiger partial charge in [-0.2, -0.15) is 0 Å². The summed E-state index contributed by atoms with van der Waals surface area (Å²) in [4.78, 5) is 19.8. The van der Waals surface area contributed by atoms with Crippen molar-refractivity contribution in [2.45, 2.75) is 32.2 Å². The summed E-state index contributed by atoms with van der Waals surface area (Å²) in [6.45, 7) is 4.07. The van der Waals surface area contributed by atoms with Crippen LogP contribution in [-0.4, -0.2) is 35.7 Å². The maximum atomic E-state index is 13.0. The number of fused-ring (bicyclic) bond motifs is 1. The van der Waals surface area contributed by atoms with Gasteiger partial charge in [-0.15, -0.1) is 0 Å². The molecule has 3 aromatic carbocycles. The predicted molar refractivity (Wildman–Crippen MR) is 134 cm³/mol. The number of methoxy groups -OCH3 is 1. The Balaban J connectivity index is 1.35. The molecule has 1 atom stereocenters. The van der Waals surface area contributed by atoms with E-state index in [4.69, 9.17) is 14.5 Å². The van der Waals surface area contributed by atoms with Gasteiger partial charge in [0.25, 0.3) is 0 Å². The monoisotopic (exact) mass is 455 g/mol. The summed E-state index contributed by atoms with van der Waals surface area (Å²) in [6, 6.07) is 23.9. The standard InChI is InChI=1S/C28H29N3O3/c1-20-9-3-6-14-26(20)34-16-8-15-30-25-13-5-4-12-24(25)29-28(30)21-17-27(32)31(19-21)22-10-7-11-23(18-22)33-2/h3-7,9-14,18,21H,8,15-17,19H2,1-2H3. The van der Waals surface area contributed by atoms with Crippen LogP contribution in [0.1, 0.15) is 30.1 Å². The Morgan fingerprint density at radius 3 is 2.71 bits per heavy atom. The van der Waals surface area contributed by atoms with E-state index in [-0.39, 0.29) is 11.8 Å². The number of carbonyl (C=O) groups excluding carboxylic acids is 1. The highest BCUT2D eigenvalue weighted by molar-refractivity contribution is 5.96. The lowest BCUT2D eigenvalue weighted by molar-refractivity contribution is -0.117. The number of para-hydroxylation sites is 3. The second-order valence-corrected chi connectivity index (χ2v) is 8.68. The number of aryl methyl sites for hydroxylation is 2. The van der Waals surface area contributed by atoms with Crippen molar-refractivity contribution < 1.29 is 14.3 Å². The lowest BCUT2D eigenvalue weighted by atomic mass is 10.1. The van der Waals surface area contributed by atoms with Gasteiger partial charge in [-0.3, -0.25) is 4.79 Å². The van der Waals surface area contributed by atoms with Gasteiger partial charge < -0.3 is 18.9 Å². The van der Waals surface area contributed by atoms with Gasteiger partial charge in [-0.1, -0.05) is 36.4 Å². The molecule has 0 saturated carbocycles. The third-order valence-electron chi connectivity index (χ3n) is 6.42. The topological polar surface area (TPSA) is 56.6 Å². The molecular weight excluding hydrogens is 426 g/mol. The van der Waals surface area contributed by atoms with Crippen LogP contribution in [0.5, 0.6) is 11.5 Å². The van der Waals surface area contributed by atoms with Crippen LogP contribution in [0.25, 0.3) is 11.0 Å². The molecule has 0 N–H and O–H groups in total. The van der Waals surface area contributed by atoms with Crippen molar-refractivity contribution in [1.29, 1.82) is 0 Å². The van der Waals surface area contributed by atoms with E-state index in [2.05, 4.69) is 23.6 Å². The number of hydrogen-bond donors (Lipinski definition) is 0. The minimum atomic E-state index is 0.0309. The quantitative estimate of drug-likeness (QED) is 0.337. The molecular formula is C28H29N3O3. The normalized spacial score (nSPS) is 15.8. The summed E-state index contributed by atoms with van der Waals surface area (Å²) in [7, 11) is 1.64. The first-order chi connectivity index (χ1) is 16.6. The maximum Gasteiger partial charge on any atom is 0.227 e. The molecule has 6 heteroatoms. The average molecular weight is 456 g/mol. The number of hydrogen-bond acceptors (Lipinski definition) is 4. The first-order valence-corrected chi connectivity index (χ1v) is 11.7. The zero-order chi connectivity index (χ0) is 23.5. The molecule has 0 spiro atoms. The lowest BCUT2D eigenvalue weighted by Gasteiger charge is -2.18. The molecule has 6 nitrogen and oxygen atoms in total. The van der Waals surface area contributed by atoms with Crippen molar-refractivity contribution in [2.75, 3.05) is 25.2 Å². The molecule has 1 fully saturated rings. The zero-order valence-corrected chi connectivity index (χ0v) is 19.6. The fourth-order valence-electron chi connectivity index (χ4n) is 4.67. The van der Waals surface area contributed by atoms with Gasteiger partial charge in [0.15, 0.2) is 0 Å². The molecule has 0 radical (unpaired) electrons. The molecule has 1 amide bonds. The summed E-state index contributed by atoms with van der Waals surface area (Å²) in [6.07, 6.45) is 1.29. The molecule has 1 unspecified atom stereocenters. The summed E-state index contributed by atoms with van der Waals surface area (Å²) >= 11 is 0. The molecule has 0 bridgehead atoms. The van der Waals surface area contributed by atoms with Crippen LogP contribution in [0, 0.1) is 6.92 Å². The summed E-state index contributed by atoms with van der Waals surface area (Å²) in [5.74, 6) is 2.78. The van der Waals surface area contributed by atoms with E-state index in [1.54, 1.807) is 7.11 Å². The fraction of sp³-hybridized carbons (Fsp3) is 0.286. The highest BCUT2D eigenvalue weighted by Crippen LogP contribution is 2.34. The van der Waals surface area contributed by atoms with E-state index >= 15 is 0 Å². The summed E-state index contributed by atoms with van der Waals surface area (Å²) < 4.78 is 13.6. The highest BCUT2D eigenvalue weighted by atomic mass is 16.5. The number of aromatic nitrogens is 2. The number of ether oxygens (including phenoxy) is 2. The first-order valence-electron chi connectivity index (χ1n) is 11.7. The Morgan fingerprint density at radius 2 is 1.85 bits per heavy atom. The van der Waals surface area contributed by atoms with Gasteiger partial charge in [-0.25, -0.2) is 4.98 Å². The van der Waals surface area contributed by atoms with Gasteiger partial charge in [-0.05, 0) is 49.2 Å². The fourth-order valence-corrected chi connectivity index (χ4v) is 4.67. The van der Waals surface area contributed by atoms with Gasteiger partial charge in [0.2, 0.25) is 5.91 Å². The van der Waals surface area contributed by atoms with E-state index in [0.717, 1.165) is 52.6 Å². The van der Waals surface area contributed by atoms with Gasteiger partial charge in [0.05, 0.1) is 24.8 Å². The molecule has 34 heavy (non-hydrogen) atoms. The SMILES string of the molecule is COc1cccc(N2CC(c3nc4ccccc4n3CCCOc3ccccc3C)CC2=O)c1. The molecule has 1 aromatic heterocycles. The maximum absolute atomic E-state index is 13.0. The van der Waals surface area contributed by atoms with Crippen molar-refractivity contribution >= 4 is 22.6 Å². The van der Waals surface area contributed by atoms with E-state index < -0.39 is 0 Å². The molecule has 1 aliphatic heterocycles. The Labute approximate surface area is 199 Å². The molecule has 4 aromatic rings. The Bertz CT molecular complexity index is 1310. The number of benzene rings is 3. The van der Waals surface area contributed by atoms with Crippen molar-refractivity contribution in [3.05, 3.63) is 84.2 Å². The van der Waals surface area contributed by atoms with Crippen LogP contribution >= 0.6 is 0 Å². The zero-order valence-electron chi connectivity index (χ0n) is 19.6. The molecule has 0 aliphatic carbocycles. The van der Waals surface area contributed by atoms with Gasteiger partial charge >= 0.3 is 0 Å². The largest absolute Gasteiger partial charge is 0.497 e. The minimum Gasteiger partial charge on any atom is -0.497 e. The van der Waals surface area contributed by atoms with Crippen LogP contribution < -0.4 is 14.4 Å². The Hall–Kier alpha value is -3.80. The van der Waals surface area contributed by atoms with Crippen LogP contribution in [0.15, 0.2) is 72.8 Å². The van der Waals surface area contributed by atoms with Crippen LogP contribution in [0.4, 0.5) is 5.69 Å². The lowest BCUT2D eigenvalue weighted by Crippen LogP contribution is -2.24. The van der Waals surface area contributed by atoms with Crippen LogP contribution in [0.3, 0.4) is 0 Å². The molecule has 1 saturated heterocycles. The average Bonchev–Trinajstić information content (AvgIpc) is 3.43. The second-order valence-electron chi connectivity index (χ2n) is 8.68. The molecule has 5 rings (SSSR count). The second kappa shape index (κ2) is 9.59. The van der Waals surface area contributed by atoms with Crippen molar-refractivity contribution in [2.24, 2.45) is 0 Å². The highest BCUT2D eigenvalue weighted by Gasteiger charge is 2.35. The predicted octanol–water partition coefficient (Wildman–Crippen LogP) is 5.34. The first kappa shape index (κ1) is 22.0. The number of imidazole rings is 1. The molecule has 174 valence electrons. The summed E-state index contributed by atoms with van der Waals surface area (Å²) in [5, 5.41) is 0. The number of amides is 1. The van der Waals surface area contributed by atoms with Gasteiger partial charge in [0.1, 0.15) is 17.3 Å². The van der Waals surface area contributed by atoms with Crippen molar-refractivity contribution in [3.8, 4) is 11.5 Å². The minimum absolute atomic E-state index is 0.0309. The third-order valence-corrected chi connectivity index (χ3v) is 6.42. The number of nitrogens with zero attached hydrogens (tertiary/aromatic N) is 3. The number of anilines is 1. The Kier molecular flexibility index (Phi) is 6.21. The molecule has 1 aliphatic rings. The number of carbonyl (C=O) groups is 1. The van der Waals surface area contributed by atoms with E-state index in [0.29, 0.717) is 19.6 Å². The van der Waals surface area contributed by atoms with E-state index in [9.17, 15) is 4.79 Å². The summed E-state index contributed by atoms with van der Waals surface area (Å²) in [5.41, 5.74) is 4.06.